The third-order valence-electron chi connectivity index (χ3n) is 12.3. The molecule has 4 aromatic rings. The molecule has 4 N–H and O–H groups in total. The average Bonchev–Trinajstić information content (AvgIpc) is 3.21. The number of nitrogens with two attached hydrogens (primary N) is 2. The monoisotopic (exact) mass is 743 g/mol. The third-order valence-corrected chi connectivity index (χ3v) is 12.3. The molecule has 55 heavy (non-hydrogen) atoms. The predicted octanol–water partition coefficient (Wildman–Crippen LogP) is 16.3. The molecule has 0 aliphatic heterocycles. The van der Waals surface area contributed by atoms with Gasteiger partial charge in [-0.2, -0.15) is 0 Å². The summed E-state index contributed by atoms with van der Waals surface area (Å²) in [4.78, 5) is 0. The van der Waals surface area contributed by atoms with Gasteiger partial charge in [-0.15, -0.1) is 0 Å². The molecule has 0 saturated carbocycles. The molecule has 4 rings (SSSR count). The number of rotatable bonds is 29. The van der Waals surface area contributed by atoms with Crippen LogP contribution < -0.4 is 11.5 Å². The second kappa shape index (κ2) is 26.4. The molecule has 0 heterocycles. The Kier molecular flexibility index (Phi) is 21.2. The van der Waals surface area contributed by atoms with E-state index in [4.69, 9.17) is 11.5 Å². The van der Waals surface area contributed by atoms with E-state index in [1.54, 1.807) is 0 Å². The van der Waals surface area contributed by atoms with Crippen LogP contribution in [0.2, 0.25) is 0 Å². The Bertz CT molecular complexity index is 1400. The Morgan fingerprint density at radius 2 is 0.509 bits per heavy atom. The van der Waals surface area contributed by atoms with E-state index in [9.17, 15) is 0 Å². The minimum absolute atomic E-state index is 0.386. The van der Waals surface area contributed by atoms with E-state index in [0.29, 0.717) is 17.8 Å². The SMILES string of the molecule is CCCCCCCCCCCCC(c1ccc(N)cc1)c1ccc(C(CC)c2ccc(C(CCCCCCCCCCCC)c3ccc(N)cc3)cc2)cc1. The third kappa shape index (κ3) is 15.9. The largest absolute Gasteiger partial charge is 0.399 e. The Hall–Kier alpha value is -3.52. The van der Waals surface area contributed by atoms with Crippen molar-refractivity contribution in [2.24, 2.45) is 0 Å². The van der Waals surface area contributed by atoms with Crippen molar-refractivity contribution in [2.75, 3.05) is 11.5 Å². The average molecular weight is 743 g/mol. The highest BCUT2D eigenvalue weighted by Gasteiger charge is 2.19. The van der Waals surface area contributed by atoms with Gasteiger partial charge in [-0.25, -0.2) is 0 Å². The molecule has 2 unspecified atom stereocenters. The summed E-state index contributed by atoms with van der Waals surface area (Å²) in [6.45, 7) is 6.93. The first-order valence-electron chi connectivity index (χ1n) is 22.9. The number of hydrogen-bond acceptors (Lipinski definition) is 2. The Morgan fingerprint density at radius 3 is 0.764 bits per heavy atom. The number of nitrogen functional groups attached to an aromatic ring is 2. The Balaban J connectivity index is 1.37. The van der Waals surface area contributed by atoms with Crippen LogP contribution >= 0.6 is 0 Å². The van der Waals surface area contributed by atoms with Gasteiger partial charge >= 0.3 is 0 Å². The van der Waals surface area contributed by atoms with Crippen LogP contribution in [-0.4, -0.2) is 0 Å². The van der Waals surface area contributed by atoms with Gasteiger partial charge in [0.15, 0.2) is 0 Å². The van der Waals surface area contributed by atoms with Gasteiger partial charge in [0, 0.05) is 29.1 Å². The molecule has 2 nitrogen and oxygen atoms in total. The fourth-order valence-corrected chi connectivity index (χ4v) is 8.77. The second-order valence-electron chi connectivity index (χ2n) is 16.7. The standard InChI is InChI=1S/C53H78N2/c1-4-7-9-11-13-15-17-19-21-23-25-52(47-35-39-49(54)40-36-47)45-31-27-43(28-32-45)51(6-3)44-29-33-46(34-30-44)53(48-37-41-50(55)42-38-48)26-24-22-20-18-16-14-12-10-8-5-2/h27-42,51-53H,4-26,54-55H2,1-3H3. The zero-order chi connectivity index (χ0) is 38.9. The summed E-state index contributed by atoms with van der Waals surface area (Å²) < 4.78 is 0. The van der Waals surface area contributed by atoms with Gasteiger partial charge in [0.1, 0.15) is 0 Å². The molecule has 2 heteroatoms. The van der Waals surface area contributed by atoms with E-state index in [-0.39, 0.29) is 0 Å². The fraction of sp³-hybridized carbons (Fsp3) is 0.547. The Morgan fingerprint density at radius 1 is 0.291 bits per heavy atom. The smallest absolute Gasteiger partial charge is 0.0314 e. The number of hydrogen-bond donors (Lipinski definition) is 2. The quantitative estimate of drug-likeness (QED) is 0.0430. The van der Waals surface area contributed by atoms with Gasteiger partial charge in [-0.05, 0) is 76.9 Å². The van der Waals surface area contributed by atoms with Crippen LogP contribution in [0.5, 0.6) is 0 Å². The molecular weight excluding hydrogens is 665 g/mol. The highest BCUT2D eigenvalue weighted by atomic mass is 14.5. The molecule has 0 amide bonds. The highest BCUT2D eigenvalue weighted by Crippen LogP contribution is 2.36. The van der Waals surface area contributed by atoms with E-state index in [2.05, 4.69) is 118 Å². The predicted molar refractivity (Wildman–Crippen MR) is 243 cm³/mol. The molecule has 2 atom stereocenters. The van der Waals surface area contributed by atoms with E-state index < -0.39 is 0 Å². The first kappa shape index (κ1) is 44.2. The van der Waals surface area contributed by atoms with E-state index in [0.717, 1.165) is 17.8 Å². The lowest BCUT2D eigenvalue weighted by Gasteiger charge is -2.22. The minimum atomic E-state index is 0.386. The van der Waals surface area contributed by atoms with Crippen molar-refractivity contribution < 1.29 is 0 Å². The molecule has 0 aromatic heterocycles. The van der Waals surface area contributed by atoms with Crippen LogP contribution in [0.25, 0.3) is 0 Å². The Labute approximate surface area is 338 Å². The normalized spacial score (nSPS) is 13.1. The molecule has 4 aromatic carbocycles. The van der Waals surface area contributed by atoms with Crippen molar-refractivity contribution in [3.63, 3.8) is 0 Å². The van der Waals surface area contributed by atoms with Crippen LogP contribution in [0.1, 0.15) is 220 Å². The number of anilines is 2. The maximum absolute atomic E-state index is 6.11. The van der Waals surface area contributed by atoms with Crippen LogP contribution in [0.3, 0.4) is 0 Å². The maximum Gasteiger partial charge on any atom is 0.0314 e. The molecule has 0 bridgehead atoms. The molecule has 0 aliphatic rings. The van der Waals surface area contributed by atoms with Crippen molar-refractivity contribution in [1.82, 2.24) is 0 Å². The van der Waals surface area contributed by atoms with Crippen molar-refractivity contribution in [3.8, 4) is 0 Å². The van der Waals surface area contributed by atoms with E-state index in [1.807, 2.05) is 0 Å². The van der Waals surface area contributed by atoms with Gasteiger partial charge in [-0.3, -0.25) is 0 Å². The summed E-state index contributed by atoms with van der Waals surface area (Å²) >= 11 is 0. The lowest BCUT2D eigenvalue weighted by atomic mass is 9.82. The van der Waals surface area contributed by atoms with Gasteiger partial charge < -0.3 is 11.5 Å². The summed E-state index contributed by atoms with van der Waals surface area (Å²) in [6, 6.07) is 36.5. The minimum Gasteiger partial charge on any atom is -0.399 e. The summed E-state index contributed by atoms with van der Waals surface area (Å²) in [7, 11) is 0. The van der Waals surface area contributed by atoms with Crippen molar-refractivity contribution in [2.45, 2.75) is 186 Å². The molecule has 0 spiro atoms. The summed E-state index contributed by atoms with van der Waals surface area (Å²) in [5.74, 6) is 1.20. The van der Waals surface area contributed by atoms with Gasteiger partial charge in [0.2, 0.25) is 0 Å². The lowest BCUT2D eigenvalue weighted by molar-refractivity contribution is 0.540. The van der Waals surface area contributed by atoms with Crippen LogP contribution in [-0.2, 0) is 0 Å². The van der Waals surface area contributed by atoms with Gasteiger partial charge in [0.05, 0.1) is 0 Å². The van der Waals surface area contributed by atoms with E-state index >= 15 is 0 Å². The van der Waals surface area contributed by atoms with Crippen LogP contribution in [0.4, 0.5) is 11.4 Å². The van der Waals surface area contributed by atoms with Crippen LogP contribution in [0.15, 0.2) is 97.1 Å². The summed E-state index contributed by atoms with van der Waals surface area (Å²) in [6.07, 6.45) is 30.9. The molecule has 300 valence electrons. The van der Waals surface area contributed by atoms with Crippen molar-refractivity contribution >= 4 is 11.4 Å². The topological polar surface area (TPSA) is 52.0 Å². The first-order chi connectivity index (χ1) is 27.0. The number of benzene rings is 4. The number of unbranched alkanes of at least 4 members (excludes halogenated alkanes) is 18. The molecule has 0 aliphatic carbocycles. The summed E-state index contributed by atoms with van der Waals surface area (Å²) in [5, 5.41) is 0. The van der Waals surface area contributed by atoms with Crippen molar-refractivity contribution in [1.29, 1.82) is 0 Å². The lowest BCUT2D eigenvalue weighted by Crippen LogP contribution is -2.05. The molecular formula is C53H78N2. The zero-order valence-corrected chi connectivity index (χ0v) is 35.4. The fourth-order valence-electron chi connectivity index (χ4n) is 8.77. The van der Waals surface area contributed by atoms with Crippen molar-refractivity contribution in [3.05, 3.63) is 130 Å². The van der Waals surface area contributed by atoms with Crippen LogP contribution in [0, 0.1) is 0 Å². The molecule has 0 saturated heterocycles. The zero-order valence-electron chi connectivity index (χ0n) is 35.4. The molecule has 0 radical (unpaired) electrons. The highest BCUT2D eigenvalue weighted by molar-refractivity contribution is 5.45. The van der Waals surface area contributed by atoms with Gasteiger partial charge in [0.25, 0.3) is 0 Å². The van der Waals surface area contributed by atoms with E-state index in [1.165, 1.54) is 175 Å². The second-order valence-corrected chi connectivity index (χ2v) is 16.7. The first-order valence-corrected chi connectivity index (χ1v) is 22.9. The summed E-state index contributed by atoms with van der Waals surface area (Å²) in [5.41, 5.74) is 22.3. The maximum atomic E-state index is 6.11. The molecule has 0 fully saturated rings. The van der Waals surface area contributed by atoms with Gasteiger partial charge in [-0.1, -0.05) is 222 Å².